The molecule has 0 radical (unpaired) electrons. The normalized spacial score (nSPS) is 13.7. The van der Waals surface area contributed by atoms with E-state index >= 15 is 0 Å². The number of para-hydroxylation sites is 1. The van der Waals surface area contributed by atoms with Crippen molar-refractivity contribution in [1.29, 1.82) is 0 Å². The van der Waals surface area contributed by atoms with Crippen molar-refractivity contribution in [3.05, 3.63) is 45.9 Å². The molecule has 116 valence electrons. The van der Waals surface area contributed by atoms with Gasteiger partial charge in [-0.2, -0.15) is 20.0 Å². The van der Waals surface area contributed by atoms with Crippen LogP contribution in [0.25, 0.3) is 11.5 Å². The number of phenolic OH excluding ortho intramolecular Hbond substituents is 1. The van der Waals surface area contributed by atoms with Gasteiger partial charge in [0.15, 0.2) is 0 Å². The summed E-state index contributed by atoms with van der Waals surface area (Å²) in [5.74, 6) is 0.731. The van der Waals surface area contributed by atoms with Crippen LogP contribution in [0.15, 0.2) is 29.4 Å². The first-order valence-electron chi connectivity index (χ1n) is 7.30. The Balaban J connectivity index is 1.77. The van der Waals surface area contributed by atoms with E-state index in [1.54, 1.807) is 24.4 Å². The lowest BCUT2D eigenvalue weighted by Gasteiger charge is -2.00. The molecule has 0 amide bonds. The summed E-state index contributed by atoms with van der Waals surface area (Å²) in [7, 11) is 0. The maximum Gasteiger partial charge on any atom is 0.216 e. The summed E-state index contributed by atoms with van der Waals surface area (Å²) in [5, 5.41) is 28.6. The van der Waals surface area contributed by atoms with Crippen LogP contribution in [-0.4, -0.2) is 36.4 Å². The third-order valence-corrected chi connectivity index (χ3v) is 4.18. The van der Waals surface area contributed by atoms with Gasteiger partial charge in [-0.3, -0.25) is 5.10 Å². The molecule has 0 saturated heterocycles. The van der Waals surface area contributed by atoms with Crippen LogP contribution in [0.2, 0.25) is 0 Å². The Morgan fingerprint density at radius 2 is 2.09 bits per heavy atom. The van der Waals surface area contributed by atoms with Gasteiger partial charge in [-0.25, -0.2) is 5.10 Å². The summed E-state index contributed by atoms with van der Waals surface area (Å²) in [6, 6.07) is 6.97. The van der Waals surface area contributed by atoms with Gasteiger partial charge in [0.25, 0.3) is 0 Å². The molecule has 0 bridgehead atoms. The van der Waals surface area contributed by atoms with Gasteiger partial charge < -0.3 is 5.11 Å². The van der Waals surface area contributed by atoms with E-state index in [0.717, 1.165) is 30.7 Å². The molecule has 4 rings (SSSR count). The first-order chi connectivity index (χ1) is 11.2. The summed E-state index contributed by atoms with van der Waals surface area (Å²) < 4.78 is 1.90. The molecule has 2 heterocycles. The van der Waals surface area contributed by atoms with Gasteiger partial charge in [0, 0.05) is 16.8 Å². The van der Waals surface area contributed by atoms with E-state index in [0.29, 0.717) is 16.2 Å². The van der Waals surface area contributed by atoms with Crippen molar-refractivity contribution in [2.45, 2.75) is 19.3 Å². The van der Waals surface area contributed by atoms with Crippen LogP contribution in [0.5, 0.6) is 5.75 Å². The number of phenols is 1. The van der Waals surface area contributed by atoms with Crippen molar-refractivity contribution in [3.8, 4) is 17.3 Å². The van der Waals surface area contributed by atoms with Gasteiger partial charge in [0.1, 0.15) is 11.4 Å². The number of aromatic hydroxyl groups is 1. The van der Waals surface area contributed by atoms with E-state index in [1.807, 2.05) is 6.07 Å². The Kier molecular flexibility index (Phi) is 3.30. The lowest BCUT2D eigenvalue weighted by Crippen LogP contribution is -1.97. The number of H-pyrrole nitrogens is 2. The van der Waals surface area contributed by atoms with Crippen molar-refractivity contribution < 1.29 is 5.11 Å². The summed E-state index contributed by atoms with van der Waals surface area (Å²) >= 11 is 5.25. The third-order valence-electron chi connectivity index (χ3n) is 3.92. The first kappa shape index (κ1) is 13.9. The van der Waals surface area contributed by atoms with Gasteiger partial charge in [0.2, 0.25) is 10.6 Å². The molecular weight excluding hydrogens is 312 g/mol. The van der Waals surface area contributed by atoms with E-state index in [9.17, 15) is 5.11 Å². The fourth-order valence-corrected chi connectivity index (χ4v) is 2.95. The molecule has 0 aliphatic heterocycles. The maximum absolute atomic E-state index is 9.82. The van der Waals surface area contributed by atoms with Gasteiger partial charge in [0.05, 0.1) is 6.21 Å². The number of hydrogen-bond donors (Lipinski definition) is 3. The van der Waals surface area contributed by atoms with E-state index in [2.05, 4.69) is 25.5 Å². The fraction of sp³-hybridized carbons (Fsp3) is 0.200. The first-order valence-corrected chi connectivity index (χ1v) is 7.71. The fourth-order valence-electron chi connectivity index (χ4n) is 2.77. The topological polar surface area (TPSA) is 94.9 Å². The number of hydrogen-bond acceptors (Lipinski definition) is 5. The van der Waals surface area contributed by atoms with Crippen molar-refractivity contribution in [2.24, 2.45) is 5.10 Å². The second-order valence-corrected chi connectivity index (χ2v) is 5.74. The Hall–Kier alpha value is -2.74. The molecular formula is C15H14N6OS. The number of fused-ring (bicyclic) bond motifs is 1. The molecule has 3 N–H and O–H groups in total. The number of aryl methyl sites for hydroxylation is 1. The molecule has 0 unspecified atom stereocenters. The maximum atomic E-state index is 9.82. The van der Waals surface area contributed by atoms with E-state index in [-0.39, 0.29) is 5.75 Å². The molecule has 8 heteroatoms. The van der Waals surface area contributed by atoms with Crippen LogP contribution in [0, 0.1) is 4.77 Å². The molecule has 3 aromatic rings. The molecule has 7 nitrogen and oxygen atoms in total. The highest BCUT2D eigenvalue weighted by Gasteiger charge is 2.23. The number of aromatic nitrogens is 5. The highest BCUT2D eigenvalue weighted by atomic mass is 32.1. The standard InChI is InChI=1S/C15H14N6OS/c22-12-7-2-1-4-9(12)8-16-21-14(19-20-15(21)23)13-10-5-3-6-11(10)17-18-13/h1-2,4,7-8,22H,3,5-6H2,(H,17,18)(H,20,23)/b16-8+. The average Bonchev–Trinajstić information content (AvgIpc) is 3.23. The van der Waals surface area contributed by atoms with Crippen LogP contribution in [0.1, 0.15) is 23.2 Å². The van der Waals surface area contributed by atoms with E-state index in [1.165, 1.54) is 10.2 Å². The Labute approximate surface area is 136 Å². The van der Waals surface area contributed by atoms with Crippen molar-refractivity contribution in [1.82, 2.24) is 25.1 Å². The molecule has 2 aromatic heterocycles. The smallest absolute Gasteiger partial charge is 0.216 e. The zero-order valence-corrected chi connectivity index (χ0v) is 13.0. The number of rotatable bonds is 3. The minimum absolute atomic E-state index is 0.161. The summed E-state index contributed by atoms with van der Waals surface area (Å²) in [4.78, 5) is 0. The summed E-state index contributed by atoms with van der Waals surface area (Å²) in [6.07, 6.45) is 4.65. The van der Waals surface area contributed by atoms with Crippen LogP contribution in [0.3, 0.4) is 0 Å². The predicted octanol–water partition coefficient (Wildman–Crippen LogP) is 2.41. The van der Waals surface area contributed by atoms with Crippen LogP contribution < -0.4 is 0 Å². The van der Waals surface area contributed by atoms with Crippen LogP contribution in [0.4, 0.5) is 0 Å². The van der Waals surface area contributed by atoms with Crippen LogP contribution >= 0.6 is 12.2 Å². The van der Waals surface area contributed by atoms with Crippen molar-refractivity contribution in [2.75, 3.05) is 0 Å². The number of nitrogens with zero attached hydrogens (tertiary/aromatic N) is 4. The van der Waals surface area contributed by atoms with Gasteiger partial charge in [-0.1, -0.05) is 12.1 Å². The Morgan fingerprint density at radius 3 is 2.96 bits per heavy atom. The van der Waals surface area contributed by atoms with Crippen molar-refractivity contribution >= 4 is 18.4 Å². The molecule has 0 atom stereocenters. The van der Waals surface area contributed by atoms with Gasteiger partial charge >= 0.3 is 0 Å². The zero-order valence-electron chi connectivity index (χ0n) is 12.2. The minimum Gasteiger partial charge on any atom is -0.507 e. The highest BCUT2D eigenvalue weighted by Crippen LogP contribution is 2.29. The summed E-state index contributed by atoms with van der Waals surface area (Å²) in [5.41, 5.74) is 3.72. The molecule has 0 fully saturated rings. The second kappa shape index (κ2) is 5.47. The SMILES string of the molecule is Oc1ccccc1/C=N/n1c(-c2n[nH]c3c2CCC3)n[nH]c1=S. The highest BCUT2D eigenvalue weighted by molar-refractivity contribution is 7.71. The molecule has 0 saturated carbocycles. The molecule has 1 aromatic carbocycles. The Bertz CT molecular complexity index is 951. The third kappa shape index (κ3) is 2.36. The quantitative estimate of drug-likeness (QED) is 0.509. The zero-order chi connectivity index (χ0) is 15.8. The van der Waals surface area contributed by atoms with Crippen molar-refractivity contribution in [3.63, 3.8) is 0 Å². The minimum atomic E-state index is 0.161. The Morgan fingerprint density at radius 1 is 1.22 bits per heavy atom. The summed E-state index contributed by atoms with van der Waals surface area (Å²) in [6.45, 7) is 0. The van der Waals surface area contributed by atoms with Gasteiger partial charge in [-0.15, -0.1) is 0 Å². The molecule has 0 spiro atoms. The monoisotopic (exact) mass is 326 g/mol. The van der Waals surface area contributed by atoms with Crippen LogP contribution in [-0.2, 0) is 12.8 Å². The molecule has 1 aliphatic rings. The lowest BCUT2D eigenvalue weighted by atomic mass is 10.2. The molecule has 1 aliphatic carbocycles. The number of aromatic amines is 2. The largest absolute Gasteiger partial charge is 0.507 e. The predicted molar refractivity (Wildman–Crippen MR) is 88.1 cm³/mol. The second-order valence-electron chi connectivity index (χ2n) is 5.35. The van der Waals surface area contributed by atoms with E-state index in [4.69, 9.17) is 12.2 Å². The number of nitrogens with one attached hydrogen (secondary N) is 2. The number of benzene rings is 1. The molecule has 23 heavy (non-hydrogen) atoms. The van der Waals surface area contributed by atoms with Gasteiger partial charge in [-0.05, 0) is 43.6 Å². The lowest BCUT2D eigenvalue weighted by molar-refractivity contribution is 0.474. The average molecular weight is 326 g/mol. The van der Waals surface area contributed by atoms with E-state index < -0.39 is 0 Å².